The molecule has 279 valence electrons. The molecule has 0 unspecified atom stereocenters. The minimum Gasteiger partial charge on any atom is -0.494 e. The first-order valence-electron chi connectivity index (χ1n) is 20.1. The molecule has 2 atom stereocenters. The number of esters is 1. The zero-order valence-corrected chi connectivity index (χ0v) is 32.1. The molecule has 6 heteroatoms. The Hall–Kier alpha value is -3.35. The minimum absolute atomic E-state index is 0.423. The van der Waals surface area contributed by atoms with E-state index in [1.165, 1.54) is 95.0 Å². The molecule has 1 aliphatic heterocycles. The summed E-state index contributed by atoms with van der Waals surface area (Å²) in [4.78, 5) is 12.9. The largest absolute Gasteiger partial charge is 0.494 e. The molecule has 1 fully saturated rings. The second kappa shape index (κ2) is 21.2. The van der Waals surface area contributed by atoms with Crippen LogP contribution < -0.4 is 14.2 Å². The number of nitrogens with zero attached hydrogens (tertiary/aromatic N) is 1. The zero-order chi connectivity index (χ0) is 36.4. The van der Waals surface area contributed by atoms with Crippen LogP contribution in [-0.2, 0) is 16.3 Å². The third-order valence-corrected chi connectivity index (χ3v) is 10.8. The molecule has 1 radical (unpaired) electrons. The van der Waals surface area contributed by atoms with Crippen molar-refractivity contribution in [3.63, 3.8) is 0 Å². The van der Waals surface area contributed by atoms with Gasteiger partial charge in [0.2, 0.25) is 0 Å². The van der Waals surface area contributed by atoms with Gasteiger partial charge in [-0.15, -0.1) is 10.3 Å². The zero-order valence-electron chi connectivity index (χ0n) is 32.1. The predicted molar refractivity (Wildman–Crippen MR) is 207 cm³/mol. The lowest BCUT2D eigenvalue weighted by molar-refractivity contribution is -0.260. The van der Waals surface area contributed by atoms with Crippen LogP contribution in [0.2, 0.25) is 0 Å². The van der Waals surface area contributed by atoms with Gasteiger partial charge < -0.3 is 14.2 Å². The highest BCUT2D eigenvalue weighted by Crippen LogP contribution is 2.51. The van der Waals surface area contributed by atoms with E-state index in [2.05, 4.69) is 13.8 Å². The Morgan fingerprint density at radius 1 is 0.529 bits per heavy atom. The first-order valence-corrected chi connectivity index (χ1v) is 20.1. The molecular formula is C45H64NO5. The number of hydroxylamine groups is 2. The second-order valence-electron chi connectivity index (χ2n) is 15.0. The molecule has 0 bridgehead atoms. The van der Waals surface area contributed by atoms with Gasteiger partial charge in [0.1, 0.15) is 17.2 Å². The van der Waals surface area contributed by atoms with Gasteiger partial charge in [0.25, 0.3) is 0 Å². The van der Waals surface area contributed by atoms with Crippen LogP contribution in [0.3, 0.4) is 0 Å². The summed E-state index contributed by atoms with van der Waals surface area (Å²) in [7, 11) is 0. The highest BCUT2D eigenvalue weighted by Gasteiger charge is 2.52. The Balaban J connectivity index is 1.21. The third kappa shape index (κ3) is 12.1. The molecule has 0 spiro atoms. The lowest BCUT2D eigenvalue weighted by atomic mass is 9.89. The molecule has 3 aromatic carbocycles. The maximum atomic E-state index is 14.0. The molecule has 3 aromatic rings. The first-order chi connectivity index (χ1) is 24.8. The van der Waals surface area contributed by atoms with Crippen LogP contribution in [-0.4, -0.2) is 24.2 Å². The number of ether oxygens (including phenoxy) is 3. The van der Waals surface area contributed by atoms with Gasteiger partial charge in [0.05, 0.1) is 29.9 Å². The number of carbonyl (C=O) groups is 1. The Morgan fingerprint density at radius 3 is 1.29 bits per heavy atom. The van der Waals surface area contributed by atoms with Crippen LogP contribution in [0.4, 0.5) is 0 Å². The SMILES string of the molecule is CCCCCCCCCCOc1ccc(C(=O)Oc2ccc([C@]3(C)CC[C@@](C)(c4ccc(OCCCCCCCCCC)cc4)N3[O])cc2)cc1. The van der Waals surface area contributed by atoms with Crippen LogP contribution in [0, 0.1) is 0 Å². The topological polar surface area (TPSA) is 67.9 Å². The standard InChI is InChI=1S/C45H64NO5/c1-5-7-9-11-13-15-17-19-35-49-40-27-21-37(22-28-40)43(47)51-42-31-25-39(26-32-42)45(4)34-33-44(3,46(45)48)38-23-29-41(30-24-38)50-36-20-18-16-14-12-10-8-6-2/h21-32H,5-20,33-36H2,1-4H3/t44-,45-/m0/s1. The fraction of sp³-hybridized carbons (Fsp3) is 0.578. The Bertz CT molecular complexity index is 1410. The molecule has 4 rings (SSSR count). The number of carbonyl (C=O) groups excluding carboxylic acids is 1. The summed E-state index contributed by atoms with van der Waals surface area (Å²) in [6.45, 7) is 9.95. The summed E-state index contributed by atoms with van der Waals surface area (Å²) in [6.07, 6.45) is 21.8. The smallest absolute Gasteiger partial charge is 0.343 e. The van der Waals surface area contributed by atoms with E-state index in [0.29, 0.717) is 17.9 Å². The van der Waals surface area contributed by atoms with Crippen LogP contribution in [0.15, 0.2) is 72.8 Å². The van der Waals surface area contributed by atoms with Gasteiger partial charge in [0.15, 0.2) is 0 Å². The fourth-order valence-electron chi connectivity index (χ4n) is 7.26. The molecule has 51 heavy (non-hydrogen) atoms. The first kappa shape index (κ1) is 40.4. The van der Waals surface area contributed by atoms with Crippen molar-refractivity contribution in [3.8, 4) is 17.2 Å². The second-order valence-corrected chi connectivity index (χ2v) is 15.0. The summed E-state index contributed by atoms with van der Waals surface area (Å²) in [5, 5.41) is 15.3. The van der Waals surface area contributed by atoms with Gasteiger partial charge in [-0.3, -0.25) is 0 Å². The van der Waals surface area contributed by atoms with E-state index >= 15 is 0 Å². The molecule has 0 aromatic heterocycles. The summed E-state index contributed by atoms with van der Waals surface area (Å²) in [5.41, 5.74) is 1.01. The van der Waals surface area contributed by atoms with Crippen molar-refractivity contribution in [2.45, 2.75) is 154 Å². The number of benzene rings is 3. The molecular weight excluding hydrogens is 634 g/mol. The Morgan fingerprint density at radius 2 is 0.882 bits per heavy atom. The molecule has 6 nitrogen and oxygen atoms in total. The maximum absolute atomic E-state index is 14.0. The van der Waals surface area contributed by atoms with Crippen LogP contribution in [0.1, 0.15) is 165 Å². The quantitative estimate of drug-likeness (QED) is 0.0529. The van der Waals surface area contributed by atoms with Crippen molar-refractivity contribution in [2.24, 2.45) is 0 Å². The van der Waals surface area contributed by atoms with E-state index in [1.54, 1.807) is 24.3 Å². The van der Waals surface area contributed by atoms with Crippen molar-refractivity contribution in [1.29, 1.82) is 0 Å². The minimum atomic E-state index is -0.701. The normalized spacial score (nSPS) is 18.9. The van der Waals surface area contributed by atoms with Crippen LogP contribution in [0.5, 0.6) is 17.2 Å². The number of hydrogen-bond acceptors (Lipinski definition) is 5. The maximum Gasteiger partial charge on any atom is 0.343 e. The van der Waals surface area contributed by atoms with Gasteiger partial charge in [-0.25, -0.2) is 4.79 Å². The van der Waals surface area contributed by atoms with E-state index < -0.39 is 17.0 Å². The summed E-state index contributed by atoms with van der Waals surface area (Å²) >= 11 is 0. The van der Waals surface area contributed by atoms with Crippen molar-refractivity contribution in [2.75, 3.05) is 13.2 Å². The average Bonchev–Trinajstić information content (AvgIpc) is 3.40. The van der Waals surface area contributed by atoms with E-state index in [4.69, 9.17) is 14.2 Å². The molecule has 0 saturated carbocycles. The van der Waals surface area contributed by atoms with Crippen molar-refractivity contribution in [3.05, 3.63) is 89.5 Å². The van der Waals surface area contributed by atoms with E-state index in [1.807, 2.05) is 62.4 Å². The molecule has 1 saturated heterocycles. The number of hydrogen-bond donors (Lipinski definition) is 0. The van der Waals surface area contributed by atoms with Gasteiger partial charge >= 0.3 is 5.97 Å². The van der Waals surface area contributed by atoms with Crippen LogP contribution >= 0.6 is 0 Å². The average molecular weight is 699 g/mol. The lowest BCUT2D eigenvalue weighted by Gasteiger charge is -2.37. The van der Waals surface area contributed by atoms with Gasteiger partial charge in [-0.2, -0.15) is 0 Å². The van der Waals surface area contributed by atoms with Crippen LogP contribution in [0.25, 0.3) is 0 Å². The third-order valence-electron chi connectivity index (χ3n) is 10.8. The van der Waals surface area contributed by atoms with Crippen molar-refractivity contribution >= 4 is 5.97 Å². The molecule has 0 N–H and O–H groups in total. The molecule has 1 heterocycles. The monoisotopic (exact) mass is 698 g/mol. The van der Waals surface area contributed by atoms with Gasteiger partial charge in [-0.05, 0) is 99.2 Å². The Kier molecular flexibility index (Phi) is 16.8. The summed E-state index contributed by atoms with van der Waals surface area (Å²) < 4.78 is 17.6. The van der Waals surface area contributed by atoms with E-state index in [-0.39, 0.29) is 0 Å². The predicted octanol–water partition coefficient (Wildman–Crippen LogP) is 12.5. The number of unbranched alkanes of at least 4 members (excludes halogenated alkanes) is 14. The van der Waals surface area contributed by atoms with E-state index in [9.17, 15) is 10.0 Å². The highest BCUT2D eigenvalue weighted by molar-refractivity contribution is 5.91. The highest BCUT2D eigenvalue weighted by atomic mass is 16.5. The van der Waals surface area contributed by atoms with Gasteiger partial charge in [-0.1, -0.05) is 128 Å². The summed E-state index contributed by atoms with van der Waals surface area (Å²) in [5.74, 6) is 1.64. The summed E-state index contributed by atoms with van der Waals surface area (Å²) in [6, 6.07) is 22.6. The Labute approximate surface area is 308 Å². The number of rotatable bonds is 24. The van der Waals surface area contributed by atoms with Crippen molar-refractivity contribution < 1.29 is 24.2 Å². The molecule has 0 amide bonds. The fourth-order valence-corrected chi connectivity index (χ4v) is 7.26. The van der Waals surface area contributed by atoms with Crippen molar-refractivity contribution in [1.82, 2.24) is 5.06 Å². The lowest BCUT2D eigenvalue weighted by Crippen LogP contribution is -2.44. The molecule has 1 aliphatic rings. The van der Waals surface area contributed by atoms with Gasteiger partial charge in [0, 0.05) is 0 Å². The van der Waals surface area contributed by atoms with E-state index in [0.717, 1.165) is 54.9 Å². The molecule has 0 aliphatic carbocycles.